The van der Waals surface area contributed by atoms with E-state index in [-0.39, 0.29) is 0 Å². The van der Waals surface area contributed by atoms with E-state index in [1.807, 2.05) is 24.2 Å². The molecule has 0 saturated carbocycles. The highest BCUT2D eigenvalue weighted by molar-refractivity contribution is 9.10. The molecule has 0 fully saturated rings. The van der Waals surface area contributed by atoms with Crippen LogP contribution >= 0.6 is 27.7 Å². The van der Waals surface area contributed by atoms with Crippen molar-refractivity contribution >= 4 is 27.7 Å². The van der Waals surface area contributed by atoms with Gasteiger partial charge in [-0.2, -0.15) is 0 Å². The summed E-state index contributed by atoms with van der Waals surface area (Å²) in [6.07, 6.45) is 3.73. The Hall–Kier alpha value is -0.840. The smallest absolute Gasteiger partial charge is 0.0410 e. The van der Waals surface area contributed by atoms with Crippen molar-refractivity contribution < 1.29 is 0 Å². The van der Waals surface area contributed by atoms with Gasteiger partial charge in [-0.15, -0.1) is 11.8 Å². The van der Waals surface area contributed by atoms with Crippen LogP contribution in [-0.2, 0) is 5.75 Å². The van der Waals surface area contributed by atoms with Crippen molar-refractivity contribution in [2.75, 3.05) is 6.54 Å². The first-order chi connectivity index (χ1) is 9.69. The number of thioether (sulfide) groups is 1. The Balaban J connectivity index is 2.01. The van der Waals surface area contributed by atoms with Gasteiger partial charge in [0.25, 0.3) is 0 Å². The van der Waals surface area contributed by atoms with Crippen LogP contribution in [0.3, 0.4) is 0 Å². The summed E-state index contributed by atoms with van der Waals surface area (Å²) in [6, 6.07) is 11.3. The molecule has 0 radical (unpaired) electrons. The van der Waals surface area contributed by atoms with Gasteiger partial charge in [-0.1, -0.05) is 19.1 Å². The molecule has 1 unspecified atom stereocenters. The van der Waals surface area contributed by atoms with Crippen LogP contribution in [0.1, 0.15) is 31.0 Å². The first-order valence-electron chi connectivity index (χ1n) is 6.74. The second-order valence-electron chi connectivity index (χ2n) is 4.65. The monoisotopic (exact) mass is 350 g/mol. The minimum Gasteiger partial charge on any atom is -0.310 e. The van der Waals surface area contributed by atoms with Gasteiger partial charge in [0.15, 0.2) is 0 Å². The number of hydrogen-bond donors (Lipinski definition) is 1. The molecule has 1 atom stereocenters. The minimum absolute atomic E-state index is 0.396. The largest absolute Gasteiger partial charge is 0.310 e. The topological polar surface area (TPSA) is 24.9 Å². The number of nitrogens with one attached hydrogen (secondary N) is 1. The fraction of sp³-hybridized carbons (Fsp3) is 0.312. The number of benzene rings is 1. The summed E-state index contributed by atoms with van der Waals surface area (Å²) in [5.41, 5.74) is 2.57. The van der Waals surface area contributed by atoms with E-state index >= 15 is 0 Å². The Labute approximate surface area is 133 Å². The average molecular weight is 351 g/mol. The normalized spacial score (nSPS) is 12.3. The Morgan fingerprint density at radius 1 is 1.30 bits per heavy atom. The maximum atomic E-state index is 4.20. The molecule has 2 aromatic rings. The average Bonchev–Trinajstić information content (AvgIpc) is 2.46. The molecule has 4 heteroatoms. The zero-order valence-corrected chi connectivity index (χ0v) is 14.2. The van der Waals surface area contributed by atoms with Crippen LogP contribution in [0.25, 0.3) is 0 Å². The molecule has 106 valence electrons. The van der Waals surface area contributed by atoms with Crippen molar-refractivity contribution in [2.45, 2.75) is 30.5 Å². The number of aromatic nitrogens is 1. The van der Waals surface area contributed by atoms with Crippen molar-refractivity contribution in [1.29, 1.82) is 0 Å². The second kappa shape index (κ2) is 7.81. The van der Waals surface area contributed by atoms with E-state index in [1.165, 1.54) is 16.0 Å². The lowest BCUT2D eigenvalue weighted by atomic mass is 10.1. The number of halogens is 1. The van der Waals surface area contributed by atoms with Crippen molar-refractivity contribution in [2.24, 2.45) is 0 Å². The maximum Gasteiger partial charge on any atom is 0.0410 e. The molecule has 0 aliphatic carbocycles. The van der Waals surface area contributed by atoms with Gasteiger partial charge in [-0.3, -0.25) is 4.98 Å². The quantitative estimate of drug-likeness (QED) is 0.757. The molecule has 0 spiro atoms. The van der Waals surface area contributed by atoms with Gasteiger partial charge in [0.05, 0.1) is 0 Å². The fourth-order valence-electron chi connectivity index (χ4n) is 2.00. The third-order valence-electron chi connectivity index (χ3n) is 3.04. The Bertz CT molecular complexity index is 560. The van der Waals surface area contributed by atoms with E-state index in [9.17, 15) is 0 Å². The molecular formula is C16H19BrN2S. The summed E-state index contributed by atoms with van der Waals surface area (Å²) in [5, 5.41) is 3.44. The van der Waals surface area contributed by atoms with Crippen LogP contribution in [0.4, 0.5) is 0 Å². The standard InChI is InChI=1S/C16H19BrN2S/c1-3-19-12(2)14-5-4-6-16(8-14)20-11-13-7-15(17)10-18-9-13/h4-10,12,19H,3,11H2,1-2H3. The SMILES string of the molecule is CCNC(C)c1cccc(SCc2cncc(Br)c2)c1. The summed E-state index contributed by atoms with van der Waals surface area (Å²) in [5.74, 6) is 0.936. The Morgan fingerprint density at radius 2 is 2.15 bits per heavy atom. The summed E-state index contributed by atoms with van der Waals surface area (Å²) < 4.78 is 1.03. The molecule has 1 aromatic heterocycles. The third kappa shape index (κ3) is 4.62. The minimum atomic E-state index is 0.396. The van der Waals surface area contributed by atoms with Gasteiger partial charge >= 0.3 is 0 Å². The Morgan fingerprint density at radius 3 is 2.90 bits per heavy atom. The lowest BCUT2D eigenvalue weighted by Crippen LogP contribution is -2.17. The lowest BCUT2D eigenvalue weighted by molar-refractivity contribution is 0.597. The molecular weight excluding hydrogens is 332 g/mol. The number of rotatable bonds is 6. The van der Waals surface area contributed by atoms with Gasteiger partial charge in [0.1, 0.15) is 0 Å². The third-order valence-corrected chi connectivity index (χ3v) is 4.53. The van der Waals surface area contributed by atoms with Gasteiger partial charge in [0.2, 0.25) is 0 Å². The highest BCUT2D eigenvalue weighted by atomic mass is 79.9. The van der Waals surface area contributed by atoms with Crippen LogP contribution in [-0.4, -0.2) is 11.5 Å². The molecule has 1 heterocycles. The summed E-state index contributed by atoms with van der Waals surface area (Å²) >= 11 is 5.30. The van der Waals surface area contributed by atoms with Crippen molar-refractivity contribution in [3.63, 3.8) is 0 Å². The van der Waals surface area contributed by atoms with Gasteiger partial charge in [-0.05, 0) is 58.7 Å². The summed E-state index contributed by atoms with van der Waals surface area (Å²) in [6.45, 7) is 5.32. The van der Waals surface area contributed by atoms with Crippen LogP contribution < -0.4 is 5.32 Å². The van der Waals surface area contributed by atoms with Crippen LogP contribution in [0.5, 0.6) is 0 Å². The maximum absolute atomic E-state index is 4.20. The van der Waals surface area contributed by atoms with Crippen LogP contribution in [0.2, 0.25) is 0 Å². The van der Waals surface area contributed by atoms with Crippen molar-refractivity contribution in [3.05, 3.63) is 58.3 Å². The van der Waals surface area contributed by atoms with Crippen LogP contribution in [0, 0.1) is 0 Å². The fourth-order valence-corrected chi connectivity index (χ4v) is 3.30. The van der Waals surface area contributed by atoms with Gasteiger partial charge in [-0.25, -0.2) is 0 Å². The zero-order chi connectivity index (χ0) is 14.4. The van der Waals surface area contributed by atoms with E-state index in [4.69, 9.17) is 0 Å². The van der Waals surface area contributed by atoms with Crippen molar-refractivity contribution in [1.82, 2.24) is 10.3 Å². The highest BCUT2D eigenvalue weighted by Gasteiger charge is 2.05. The van der Waals surface area contributed by atoms with Gasteiger partial charge in [0, 0.05) is 33.6 Å². The van der Waals surface area contributed by atoms with E-state index < -0.39 is 0 Å². The van der Waals surface area contributed by atoms with Gasteiger partial charge < -0.3 is 5.32 Å². The molecule has 2 rings (SSSR count). The number of nitrogens with zero attached hydrogens (tertiary/aromatic N) is 1. The zero-order valence-electron chi connectivity index (χ0n) is 11.8. The van der Waals surface area contributed by atoms with E-state index in [0.717, 1.165) is 16.8 Å². The first kappa shape index (κ1) is 15.5. The molecule has 0 bridgehead atoms. The number of hydrogen-bond acceptors (Lipinski definition) is 3. The van der Waals surface area contributed by atoms with Crippen molar-refractivity contribution in [3.8, 4) is 0 Å². The van der Waals surface area contributed by atoms with E-state index in [1.54, 1.807) is 0 Å². The van der Waals surface area contributed by atoms with E-state index in [2.05, 4.69) is 70.4 Å². The Kier molecular flexibility index (Phi) is 6.07. The predicted octanol–water partition coefficient (Wildman–Crippen LogP) is 4.81. The molecule has 0 aliphatic heterocycles. The molecule has 0 saturated heterocycles. The molecule has 1 N–H and O–H groups in total. The van der Waals surface area contributed by atoms with Crippen LogP contribution in [0.15, 0.2) is 52.1 Å². The molecule has 1 aromatic carbocycles. The molecule has 20 heavy (non-hydrogen) atoms. The van der Waals surface area contributed by atoms with E-state index in [0.29, 0.717) is 6.04 Å². The molecule has 2 nitrogen and oxygen atoms in total. The number of pyridine rings is 1. The lowest BCUT2D eigenvalue weighted by Gasteiger charge is -2.13. The molecule has 0 aliphatic rings. The predicted molar refractivity (Wildman–Crippen MR) is 90.0 cm³/mol. The molecule has 0 amide bonds. The summed E-state index contributed by atoms with van der Waals surface area (Å²) in [4.78, 5) is 5.49. The second-order valence-corrected chi connectivity index (χ2v) is 6.62. The highest BCUT2D eigenvalue weighted by Crippen LogP contribution is 2.26. The first-order valence-corrected chi connectivity index (χ1v) is 8.52. The summed E-state index contributed by atoms with van der Waals surface area (Å²) in [7, 11) is 0.